The van der Waals surface area contributed by atoms with Gasteiger partial charge in [0.2, 0.25) is 5.91 Å². The number of carbonyl (C=O) groups is 1. The highest BCUT2D eigenvalue weighted by atomic mass is 35.5. The zero-order chi connectivity index (χ0) is 14.7. The van der Waals surface area contributed by atoms with Crippen LogP contribution in [0.4, 0.5) is 15.8 Å². The lowest BCUT2D eigenvalue weighted by atomic mass is 10.3. The van der Waals surface area contributed by atoms with E-state index in [-0.39, 0.29) is 10.9 Å². The first-order valence-corrected chi connectivity index (χ1v) is 6.95. The second-order valence-electron chi connectivity index (χ2n) is 4.11. The first kappa shape index (κ1) is 14.7. The van der Waals surface area contributed by atoms with Crippen LogP contribution in [0.15, 0.2) is 46.2 Å². The Hall–Kier alpha value is -1.72. The summed E-state index contributed by atoms with van der Waals surface area (Å²) in [4.78, 5) is 12.4. The Labute approximate surface area is 125 Å². The van der Waals surface area contributed by atoms with Gasteiger partial charge in [-0.25, -0.2) is 4.39 Å². The van der Waals surface area contributed by atoms with Crippen molar-refractivity contribution >= 4 is 40.6 Å². The summed E-state index contributed by atoms with van der Waals surface area (Å²) >= 11 is 6.98. The molecule has 0 aromatic heterocycles. The van der Waals surface area contributed by atoms with Crippen molar-refractivity contribution in [1.82, 2.24) is 0 Å². The number of anilines is 2. The van der Waals surface area contributed by atoms with Gasteiger partial charge < -0.3 is 11.1 Å². The minimum atomic E-state index is -0.502. The minimum Gasteiger partial charge on any atom is -0.398 e. The van der Waals surface area contributed by atoms with Crippen molar-refractivity contribution in [2.45, 2.75) is 16.7 Å². The van der Waals surface area contributed by atoms with E-state index in [1.54, 1.807) is 12.1 Å². The quantitative estimate of drug-likeness (QED) is 0.837. The van der Waals surface area contributed by atoms with Crippen LogP contribution < -0.4 is 11.1 Å². The van der Waals surface area contributed by atoms with Crippen molar-refractivity contribution in [2.75, 3.05) is 11.1 Å². The van der Waals surface area contributed by atoms with E-state index in [1.807, 2.05) is 12.1 Å². The van der Waals surface area contributed by atoms with Crippen LogP contribution in [-0.4, -0.2) is 5.91 Å². The maximum Gasteiger partial charge on any atom is 0.221 e. The van der Waals surface area contributed by atoms with E-state index in [2.05, 4.69) is 5.32 Å². The molecular weight excluding hydrogens is 299 g/mol. The van der Waals surface area contributed by atoms with Crippen LogP contribution in [0.1, 0.15) is 6.92 Å². The predicted molar refractivity (Wildman–Crippen MR) is 80.7 cm³/mol. The molecule has 104 valence electrons. The van der Waals surface area contributed by atoms with Crippen LogP contribution in [-0.2, 0) is 4.79 Å². The van der Waals surface area contributed by atoms with Crippen molar-refractivity contribution in [2.24, 2.45) is 0 Å². The fraction of sp³-hybridized carbons (Fsp3) is 0.0714. The average molecular weight is 311 g/mol. The monoisotopic (exact) mass is 310 g/mol. The Kier molecular flexibility index (Phi) is 4.52. The molecule has 0 bridgehead atoms. The zero-order valence-corrected chi connectivity index (χ0v) is 12.2. The van der Waals surface area contributed by atoms with Gasteiger partial charge in [0.05, 0.1) is 5.02 Å². The van der Waals surface area contributed by atoms with Crippen LogP contribution in [0.25, 0.3) is 0 Å². The third-order valence-corrected chi connectivity index (χ3v) is 3.83. The van der Waals surface area contributed by atoms with E-state index < -0.39 is 5.82 Å². The van der Waals surface area contributed by atoms with Gasteiger partial charge in [0, 0.05) is 28.1 Å². The SMILES string of the molecule is CC(=O)Nc1ccc(Sc2cc(F)c(Cl)cc2N)cc1. The van der Waals surface area contributed by atoms with Crippen molar-refractivity contribution in [3.63, 3.8) is 0 Å². The van der Waals surface area contributed by atoms with Gasteiger partial charge >= 0.3 is 0 Å². The molecule has 0 unspecified atom stereocenters. The normalized spacial score (nSPS) is 10.3. The maximum atomic E-state index is 13.4. The maximum absolute atomic E-state index is 13.4. The molecule has 6 heteroatoms. The van der Waals surface area contributed by atoms with Crippen LogP contribution in [0.3, 0.4) is 0 Å². The number of benzene rings is 2. The highest BCUT2D eigenvalue weighted by Gasteiger charge is 2.08. The van der Waals surface area contributed by atoms with Gasteiger partial charge in [-0.05, 0) is 36.4 Å². The molecular formula is C14H12ClFN2OS. The molecule has 0 saturated carbocycles. The fourth-order valence-electron chi connectivity index (χ4n) is 1.57. The van der Waals surface area contributed by atoms with E-state index >= 15 is 0 Å². The van der Waals surface area contributed by atoms with Gasteiger partial charge in [-0.3, -0.25) is 4.79 Å². The number of hydrogen-bond donors (Lipinski definition) is 2. The molecule has 0 radical (unpaired) electrons. The van der Waals surface area contributed by atoms with Gasteiger partial charge in [-0.1, -0.05) is 23.4 Å². The van der Waals surface area contributed by atoms with Crippen LogP contribution >= 0.6 is 23.4 Å². The van der Waals surface area contributed by atoms with Crippen molar-refractivity contribution < 1.29 is 9.18 Å². The van der Waals surface area contributed by atoms with Crippen molar-refractivity contribution in [1.29, 1.82) is 0 Å². The fourth-order valence-corrected chi connectivity index (χ4v) is 2.61. The summed E-state index contributed by atoms with van der Waals surface area (Å²) in [5.41, 5.74) is 6.93. The summed E-state index contributed by atoms with van der Waals surface area (Å²) in [6, 6.07) is 9.89. The molecule has 3 N–H and O–H groups in total. The summed E-state index contributed by atoms with van der Waals surface area (Å²) in [6.45, 7) is 1.44. The molecule has 2 rings (SSSR count). The summed E-state index contributed by atoms with van der Waals surface area (Å²) in [5, 5.41) is 2.68. The van der Waals surface area contributed by atoms with E-state index in [1.165, 1.54) is 30.8 Å². The lowest BCUT2D eigenvalue weighted by Gasteiger charge is -2.08. The average Bonchev–Trinajstić information content (AvgIpc) is 2.37. The molecule has 0 aliphatic heterocycles. The minimum absolute atomic E-state index is 0.00727. The Bertz CT molecular complexity index is 646. The number of nitrogens with one attached hydrogen (secondary N) is 1. The second-order valence-corrected chi connectivity index (χ2v) is 5.63. The summed E-state index contributed by atoms with van der Waals surface area (Å²) in [6.07, 6.45) is 0. The largest absolute Gasteiger partial charge is 0.398 e. The molecule has 0 fully saturated rings. The summed E-state index contributed by atoms with van der Waals surface area (Å²) < 4.78 is 13.4. The van der Waals surface area contributed by atoms with E-state index in [4.69, 9.17) is 17.3 Å². The van der Waals surface area contributed by atoms with Gasteiger partial charge in [-0.15, -0.1) is 0 Å². The first-order chi connectivity index (χ1) is 9.45. The summed E-state index contributed by atoms with van der Waals surface area (Å²) in [5.74, 6) is -0.632. The van der Waals surface area contributed by atoms with Gasteiger partial charge in [-0.2, -0.15) is 0 Å². The van der Waals surface area contributed by atoms with Crippen molar-refractivity contribution in [3.8, 4) is 0 Å². The lowest BCUT2D eigenvalue weighted by molar-refractivity contribution is -0.114. The topological polar surface area (TPSA) is 55.1 Å². The first-order valence-electron chi connectivity index (χ1n) is 5.76. The van der Waals surface area contributed by atoms with Crippen LogP contribution in [0, 0.1) is 5.82 Å². The molecule has 20 heavy (non-hydrogen) atoms. The lowest BCUT2D eigenvalue weighted by Crippen LogP contribution is -2.05. The smallest absolute Gasteiger partial charge is 0.221 e. The molecule has 2 aromatic rings. The van der Waals surface area contributed by atoms with E-state index in [9.17, 15) is 9.18 Å². The van der Waals surface area contributed by atoms with Crippen LogP contribution in [0.5, 0.6) is 0 Å². The van der Waals surface area contributed by atoms with Gasteiger partial charge in [0.1, 0.15) is 5.82 Å². The third kappa shape index (κ3) is 3.65. The molecule has 0 saturated heterocycles. The molecule has 0 aliphatic rings. The third-order valence-electron chi connectivity index (χ3n) is 2.46. The molecule has 1 amide bonds. The Balaban J connectivity index is 2.18. The number of amides is 1. The van der Waals surface area contributed by atoms with Crippen LogP contribution in [0.2, 0.25) is 5.02 Å². The molecule has 0 spiro atoms. The van der Waals surface area contributed by atoms with E-state index in [0.717, 1.165) is 4.90 Å². The summed E-state index contributed by atoms with van der Waals surface area (Å²) in [7, 11) is 0. The molecule has 0 aliphatic carbocycles. The zero-order valence-electron chi connectivity index (χ0n) is 10.6. The van der Waals surface area contributed by atoms with Crippen molar-refractivity contribution in [3.05, 3.63) is 47.2 Å². The molecule has 3 nitrogen and oxygen atoms in total. The number of rotatable bonds is 3. The Morgan fingerprint density at radius 1 is 1.30 bits per heavy atom. The number of nitrogens with two attached hydrogens (primary N) is 1. The molecule has 0 heterocycles. The number of hydrogen-bond acceptors (Lipinski definition) is 3. The predicted octanol–water partition coefficient (Wildman–Crippen LogP) is 4.17. The highest BCUT2D eigenvalue weighted by Crippen LogP contribution is 2.35. The number of halogens is 2. The standard InChI is InChI=1S/C14H12ClFN2OS/c1-8(19)18-9-2-4-10(5-3-9)20-14-7-12(16)11(15)6-13(14)17/h2-7H,17H2,1H3,(H,18,19). The van der Waals surface area contributed by atoms with Gasteiger partial charge in [0.15, 0.2) is 0 Å². The number of carbonyl (C=O) groups excluding carboxylic acids is 1. The highest BCUT2D eigenvalue weighted by molar-refractivity contribution is 7.99. The Morgan fingerprint density at radius 2 is 1.95 bits per heavy atom. The second kappa shape index (κ2) is 6.15. The van der Waals surface area contributed by atoms with E-state index in [0.29, 0.717) is 16.3 Å². The molecule has 2 aromatic carbocycles. The number of nitrogen functional groups attached to an aromatic ring is 1. The van der Waals surface area contributed by atoms with Gasteiger partial charge in [0.25, 0.3) is 0 Å². The molecule has 0 atom stereocenters. The Morgan fingerprint density at radius 3 is 2.55 bits per heavy atom.